The van der Waals surface area contributed by atoms with E-state index in [-0.39, 0.29) is 5.91 Å². The molecule has 0 atom stereocenters. The number of carbonyl (C=O) groups is 1. The molecule has 1 amide bonds. The number of nitrogen functional groups attached to an aromatic ring is 1. The molecule has 1 aliphatic rings. The van der Waals surface area contributed by atoms with E-state index < -0.39 is 0 Å². The summed E-state index contributed by atoms with van der Waals surface area (Å²) in [7, 11) is 3.10. The molecule has 2 N–H and O–H groups in total. The van der Waals surface area contributed by atoms with E-state index in [1.165, 1.54) is 0 Å². The summed E-state index contributed by atoms with van der Waals surface area (Å²) >= 11 is 0. The largest absolute Gasteiger partial charge is 0.493 e. The normalized spacial score (nSPS) is 14.1. The van der Waals surface area contributed by atoms with Gasteiger partial charge in [-0.05, 0) is 24.8 Å². The number of nitrogens with two attached hydrogens (primary N) is 1. The fraction of sp³-hybridized carbons (Fsp3) is 0.562. The maximum atomic E-state index is 12.8. The molecule has 0 spiro atoms. The third kappa shape index (κ3) is 3.40. The highest BCUT2D eigenvalue weighted by molar-refractivity contribution is 6.00. The first-order valence-electron chi connectivity index (χ1n) is 7.30. The van der Waals surface area contributed by atoms with E-state index in [9.17, 15) is 4.79 Å². The third-order valence-corrected chi connectivity index (χ3v) is 3.60. The molecule has 0 unspecified atom stereocenters. The molecule has 5 nitrogen and oxygen atoms in total. The Morgan fingerprint density at radius 2 is 1.86 bits per heavy atom. The lowest BCUT2D eigenvalue weighted by Gasteiger charge is -2.25. The molecule has 116 valence electrons. The van der Waals surface area contributed by atoms with Crippen molar-refractivity contribution in [3.63, 3.8) is 0 Å². The van der Waals surface area contributed by atoms with Crippen molar-refractivity contribution in [1.82, 2.24) is 4.90 Å². The number of benzene rings is 1. The fourth-order valence-corrected chi connectivity index (χ4v) is 2.41. The lowest BCUT2D eigenvalue weighted by molar-refractivity contribution is 0.0723. The summed E-state index contributed by atoms with van der Waals surface area (Å²) in [5, 5.41) is 0. The van der Waals surface area contributed by atoms with Gasteiger partial charge in [-0.1, -0.05) is 13.8 Å². The zero-order valence-electron chi connectivity index (χ0n) is 13.2. The number of nitrogens with zero attached hydrogens (tertiary/aromatic N) is 1. The van der Waals surface area contributed by atoms with Crippen molar-refractivity contribution in [3.8, 4) is 11.5 Å². The van der Waals surface area contributed by atoms with Crippen LogP contribution in [0.2, 0.25) is 0 Å². The van der Waals surface area contributed by atoms with E-state index >= 15 is 0 Å². The third-order valence-electron chi connectivity index (χ3n) is 3.60. The van der Waals surface area contributed by atoms with Gasteiger partial charge in [-0.15, -0.1) is 0 Å². The van der Waals surface area contributed by atoms with Gasteiger partial charge in [0, 0.05) is 24.3 Å². The molecule has 0 bridgehead atoms. The molecular formula is C16H24N2O3. The Hall–Kier alpha value is -1.91. The molecule has 21 heavy (non-hydrogen) atoms. The second kappa shape index (κ2) is 6.24. The van der Waals surface area contributed by atoms with Crippen LogP contribution in [-0.2, 0) is 0 Å². The van der Waals surface area contributed by atoms with Crippen molar-refractivity contribution in [3.05, 3.63) is 17.7 Å². The molecule has 2 rings (SSSR count). The first-order valence-corrected chi connectivity index (χ1v) is 7.30. The van der Waals surface area contributed by atoms with E-state index in [0.29, 0.717) is 34.7 Å². The number of methoxy groups -OCH3 is 2. The topological polar surface area (TPSA) is 64.8 Å². The van der Waals surface area contributed by atoms with Crippen molar-refractivity contribution in [2.24, 2.45) is 5.92 Å². The molecule has 5 heteroatoms. The number of amides is 1. The van der Waals surface area contributed by atoms with Gasteiger partial charge in [-0.3, -0.25) is 4.79 Å². The Morgan fingerprint density at radius 3 is 2.33 bits per heavy atom. The number of carbonyl (C=O) groups excluding carboxylic acids is 1. The molecule has 1 aliphatic carbocycles. The molecule has 0 saturated heterocycles. The van der Waals surface area contributed by atoms with Crippen LogP contribution in [0.15, 0.2) is 12.1 Å². The summed E-state index contributed by atoms with van der Waals surface area (Å²) in [5.74, 6) is 1.46. The fourth-order valence-electron chi connectivity index (χ4n) is 2.41. The zero-order valence-corrected chi connectivity index (χ0v) is 13.2. The van der Waals surface area contributed by atoms with Gasteiger partial charge < -0.3 is 20.1 Å². The molecule has 1 saturated carbocycles. The minimum atomic E-state index is -0.0235. The van der Waals surface area contributed by atoms with Gasteiger partial charge >= 0.3 is 0 Å². The number of hydrogen-bond donors (Lipinski definition) is 1. The van der Waals surface area contributed by atoms with Gasteiger partial charge in [-0.25, -0.2) is 0 Å². The van der Waals surface area contributed by atoms with Gasteiger partial charge in [-0.2, -0.15) is 0 Å². The van der Waals surface area contributed by atoms with Crippen LogP contribution in [0.3, 0.4) is 0 Å². The Balaban J connectivity index is 2.32. The van der Waals surface area contributed by atoms with Crippen LogP contribution in [0.5, 0.6) is 11.5 Å². The maximum Gasteiger partial charge on any atom is 0.256 e. The quantitative estimate of drug-likeness (QED) is 0.818. The van der Waals surface area contributed by atoms with E-state index in [1.807, 2.05) is 4.90 Å². The second-order valence-corrected chi connectivity index (χ2v) is 5.88. The van der Waals surface area contributed by atoms with Crippen molar-refractivity contribution < 1.29 is 14.3 Å². The lowest BCUT2D eigenvalue weighted by atomic mass is 10.1. The van der Waals surface area contributed by atoms with Crippen LogP contribution in [0.25, 0.3) is 0 Å². The molecule has 0 aliphatic heterocycles. The molecular weight excluding hydrogens is 268 g/mol. The summed E-state index contributed by atoms with van der Waals surface area (Å²) in [6, 6.07) is 3.67. The second-order valence-electron chi connectivity index (χ2n) is 5.88. The Bertz CT molecular complexity index is 524. The summed E-state index contributed by atoms with van der Waals surface area (Å²) in [6.45, 7) is 4.97. The van der Waals surface area contributed by atoms with Crippen LogP contribution in [0.4, 0.5) is 5.69 Å². The summed E-state index contributed by atoms with van der Waals surface area (Å²) < 4.78 is 10.5. The zero-order chi connectivity index (χ0) is 15.6. The monoisotopic (exact) mass is 292 g/mol. The average molecular weight is 292 g/mol. The van der Waals surface area contributed by atoms with Gasteiger partial charge in [0.2, 0.25) is 0 Å². The molecule has 1 aromatic carbocycles. The summed E-state index contributed by atoms with van der Waals surface area (Å²) in [5.41, 5.74) is 6.94. The van der Waals surface area contributed by atoms with Gasteiger partial charge in [0.15, 0.2) is 11.5 Å². The summed E-state index contributed by atoms with van der Waals surface area (Å²) in [4.78, 5) is 14.7. The number of rotatable bonds is 6. The van der Waals surface area contributed by atoms with Crippen LogP contribution in [0, 0.1) is 5.92 Å². The number of anilines is 1. The lowest BCUT2D eigenvalue weighted by Crippen LogP contribution is -2.36. The minimum absolute atomic E-state index is 0.0235. The van der Waals surface area contributed by atoms with E-state index in [2.05, 4.69) is 13.8 Å². The van der Waals surface area contributed by atoms with Gasteiger partial charge in [0.05, 0.1) is 19.8 Å². The molecule has 1 fully saturated rings. The molecule has 0 radical (unpaired) electrons. The first kappa shape index (κ1) is 15.5. The maximum absolute atomic E-state index is 12.8. The molecule has 0 aromatic heterocycles. The molecule has 1 aromatic rings. The Kier molecular flexibility index (Phi) is 4.60. The highest BCUT2D eigenvalue weighted by Gasteiger charge is 2.34. The smallest absolute Gasteiger partial charge is 0.256 e. The van der Waals surface area contributed by atoms with E-state index in [0.717, 1.165) is 19.4 Å². The number of hydrogen-bond acceptors (Lipinski definition) is 4. The molecule has 0 heterocycles. The van der Waals surface area contributed by atoms with Crippen molar-refractivity contribution in [2.75, 3.05) is 26.5 Å². The van der Waals surface area contributed by atoms with Gasteiger partial charge in [0.25, 0.3) is 5.91 Å². The van der Waals surface area contributed by atoms with Crippen molar-refractivity contribution in [1.29, 1.82) is 0 Å². The van der Waals surface area contributed by atoms with Crippen molar-refractivity contribution >= 4 is 11.6 Å². The van der Waals surface area contributed by atoms with Crippen LogP contribution < -0.4 is 15.2 Å². The SMILES string of the molecule is COc1cc(N)c(C(=O)N(CC(C)C)C2CC2)cc1OC. The number of ether oxygens (including phenoxy) is 2. The van der Waals surface area contributed by atoms with Crippen molar-refractivity contribution in [2.45, 2.75) is 32.7 Å². The summed E-state index contributed by atoms with van der Waals surface area (Å²) in [6.07, 6.45) is 2.15. The van der Waals surface area contributed by atoms with Gasteiger partial charge in [0.1, 0.15) is 0 Å². The highest BCUT2D eigenvalue weighted by atomic mass is 16.5. The van der Waals surface area contributed by atoms with E-state index in [1.54, 1.807) is 26.4 Å². The minimum Gasteiger partial charge on any atom is -0.493 e. The van der Waals surface area contributed by atoms with Crippen LogP contribution in [-0.4, -0.2) is 37.6 Å². The Morgan fingerprint density at radius 1 is 1.29 bits per heavy atom. The van der Waals surface area contributed by atoms with Crippen LogP contribution >= 0.6 is 0 Å². The first-order chi connectivity index (χ1) is 9.97. The average Bonchev–Trinajstić information content (AvgIpc) is 3.28. The Labute approximate surface area is 126 Å². The predicted octanol–water partition coefficient (Wildman–Crippen LogP) is 2.55. The highest BCUT2D eigenvalue weighted by Crippen LogP contribution is 2.35. The standard InChI is InChI=1S/C16H24N2O3/c1-10(2)9-18(11-5-6-11)16(19)12-7-14(20-3)15(21-4)8-13(12)17/h7-8,10-11H,5-6,9,17H2,1-4H3. The predicted molar refractivity (Wildman–Crippen MR) is 82.9 cm³/mol. The van der Waals surface area contributed by atoms with E-state index in [4.69, 9.17) is 15.2 Å². The van der Waals surface area contributed by atoms with Crippen LogP contribution in [0.1, 0.15) is 37.0 Å².